The Morgan fingerprint density at radius 3 is 2.65 bits per heavy atom. The second kappa shape index (κ2) is 4.87. The van der Waals surface area contributed by atoms with E-state index in [2.05, 4.69) is 4.98 Å². The molecule has 0 fully saturated rings. The molecule has 0 unspecified atom stereocenters. The Labute approximate surface area is 119 Å². The molecule has 20 heavy (non-hydrogen) atoms. The van der Waals surface area contributed by atoms with Crippen molar-refractivity contribution >= 4 is 22.6 Å². The van der Waals surface area contributed by atoms with E-state index in [0.717, 1.165) is 0 Å². The zero-order chi connectivity index (χ0) is 14.3. The van der Waals surface area contributed by atoms with Crippen LogP contribution in [0, 0.1) is 18.6 Å². The van der Waals surface area contributed by atoms with Crippen LogP contribution in [0.1, 0.15) is 11.4 Å². The molecule has 0 spiro atoms. The van der Waals surface area contributed by atoms with Crippen LogP contribution >= 0.6 is 11.6 Å². The Hall–Kier alpha value is -1.94. The molecule has 0 radical (unpaired) electrons. The van der Waals surface area contributed by atoms with E-state index in [-0.39, 0.29) is 17.5 Å². The van der Waals surface area contributed by atoms with Crippen LogP contribution in [0.2, 0.25) is 0 Å². The molecule has 5 heteroatoms. The lowest BCUT2D eigenvalue weighted by molar-refractivity contribution is 0.617. The van der Waals surface area contributed by atoms with Crippen molar-refractivity contribution in [3.63, 3.8) is 0 Å². The maximum atomic E-state index is 13.7. The fraction of sp³-hybridized carbons (Fsp3) is 0.133. The first-order valence-electron chi connectivity index (χ1n) is 6.09. The molecule has 0 N–H and O–H groups in total. The van der Waals surface area contributed by atoms with Crippen LogP contribution in [0.5, 0.6) is 0 Å². The number of aromatic nitrogens is 2. The van der Waals surface area contributed by atoms with Crippen LogP contribution in [0.25, 0.3) is 16.7 Å². The van der Waals surface area contributed by atoms with Gasteiger partial charge in [0.05, 0.1) is 22.6 Å². The second-order valence-electron chi connectivity index (χ2n) is 4.56. The third-order valence-corrected chi connectivity index (χ3v) is 3.46. The molecule has 0 atom stereocenters. The average molecular weight is 293 g/mol. The fourth-order valence-corrected chi connectivity index (χ4v) is 2.38. The number of benzene rings is 2. The lowest BCUT2D eigenvalue weighted by Gasteiger charge is -2.09. The minimum Gasteiger partial charge on any atom is -0.295 e. The van der Waals surface area contributed by atoms with Gasteiger partial charge in [-0.1, -0.05) is 6.07 Å². The van der Waals surface area contributed by atoms with Crippen LogP contribution in [0.3, 0.4) is 0 Å². The molecule has 0 amide bonds. The van der Waals surface area contributed by atoms with Crippen molar-refractivity contribution in [2.24, 2.45) is 0 Å². The van der Waals surface area contributed by atoms with Gasteiger partial charge < -0.3 is 0 Å². The summed E-state index contributed by atoms with van der Waals surface area (Å²) in [5.41, 5.74) is 2.39. The Morgan fingerprint density at radius 2 is 1.95 bits per heavy atom. The van der Waals surface area contributed by atoms with Crippen molar-refractivity contribution < 1.29 is 8.78 Å². The van der Waals surface area contributed by atoms with Gasteiger partial charge >= 0.3 is 0 Å². The molecule has 0 aliphatic rings. The molecule has 102 valence electrons. The summed E-state index contributed by atoms with van der Waals surface area (Å²) >= 11 is 5.89. The highest BCUT2D eigenvalue weighted by molar-refractivity contribution is 6.17. The lowest BCUT2D eigenvalue weighted by Crippen LogP contribution is -2.00. The first-order chi connectivity index (χ1) is 9.60. The largest absolute Gasteiger partial charge is 0.295 e. The normalized spacial score (nSPS) is 11.2. The summed E-state index contributed by atoms with van der Waals surface area (Å²) in [4.78, 5) is 4.29. The molecule has 1 heterocycles. The fourth-order valence-electron chi connectivity index (χ4n) is 2.20. The number of fused-ring (bicyclic) bond motifs is 1. The molecule has 3 aromatic rings. The van der Waals surface area contributed by atoms with Crippen LogP contribution in [-0.2, 0) is 5.88 Å². The summed E-state index contributed by atoms with van der Waals surface area (Å²) < 4.78 is 28.7. The van der Waals surface area contributed by atoms with Gasteiger partial charge in [-0.15, -0.1) is 11.6 Å². The zero-order valence-corrected chi connectivity index (χ0v) is 11.5. The lowest BCUT2D eigenvalue weighted by atomic mass is 10.2. The summed E-state index contributed by atoms with van der Waals surface area (Å²) in [5, 5.41) is 0. The first kappa shape index (κ1) is 13.1. The number of hydrogen-bond acceptors (Lipinski definition) is 1. The maximum absolute atomic E-state index is 13.7. The van der Waals surface area contributed by atoms with E-state index in [1.807, 2.05) is 0 Å². The maximum Gasteiger partial charge on any atom is 0.129 e. The highest BCUT2D eigenvalue weighted by Gasteiger charge is 2.13. The Kier molecular flexibility index (Phi) is 3.18. The highest BCUT2D eigenvalue weighted by Crippen LogP contribution is 2.24. The third kappa shape index (κ3) is 2.06. The SMILES string of the molecule is Cc1ccc(-n2c(CCl)nc3cc(F)ccc32)cc1F. The Balaban J connectivity index is 2.30. The first-order valence-corrected chi connectivity index (χ1v) is 6.63. The zero-order valence-electron chi connectivity index (χ0n) is 10.7. The summed E-state index contributed by atoms with van der Waals surface area (Å²) in [6.07, 6.45) is 0. The van der Waals surface area contributed by atoms with Crippen LogP contribution in [-0.4, -0.2) is 9.55 Å². The summed E-state index contributed by atoms with van der Waals surface area (Å²) in [7, 11) is 0. The van der Waals surface area contributed by atoms with Gasteiger partial charge in [-0.2, -0.15) is 0 Å². The van der Waals surface area contributed by atoms with Gasteiger partial charge in [0.2, 0.25) is 0 Å². The number of aryl methyl sites for hydroxylation is 1. The number of alkyl halides is 1. The highest BCUT2D eigenvalue weighted by atomic mass is 35.5. The molecule has 0 aliphatic heterocycles. The van der Waals surface area contributed by atoms with Gasteiger partial charge in [-0.05, 0) is 36.8 Å². The number of rotatable bonds is 2. The van der Waals surface area contributed by atoms with Crippen molar-refractivity contribution in [2.45, 2.75) is 12.8 Å². The molecule has 0 saturated heterocycles. The summed E-state index contributed by atoms with van der Waals surface area (Å²) in [5.74, 6) is 0.0482. The van der Waals surface area contributed by atoms with Crippen LogP contribution in [0.4, 0.5) is 8.78 Å². The molecule has 0 aliphatic carbocycles. The van der Waals surface area contributed by atoms with Gasteiger partial charge in [-0.25, -0.2) is 13.8 Å². The number of hydrogen-bond donors (Lipinski definition) is 0. The average Bonchev–Trinajstić information content (AvgIpc) is 2.79. The molecule has 1 aromatic heterocycles. The van der Waals surface area contributed by atoms with Gasteiger partial charge in [0, 0.05) is 6.07 Å². The summed E-state index contributed by atoms with van der Waals surface area (Å²) in [6, 6.07) is 9.22. The van der Waals surface area contributed by atoms with Gasteiger partial charge in [0.1, 0.15) is 17.5 Å². The molecule has 2 nitrogen and oxygen atoms in total. The van der Waals surface area contributed by atoms with E-state index in [4.69, 9.17) is 11.6 Å². The predicted octanol–water partition coefficient (Wildman–Crippen LogP) is 4.35. The monoisotopic (exact) mass is 292 g/mol. The van der Waals surface area contributed by atoms with Crippen LogP contribution < -0.4 is 0 Å². The predicted molar refractivity (Wildman–Crippen MR) is 75.3 cm³/mol. The van der Waals surface area contributed by atoms with E-state index >= 15 is 0 Å². The molecular formula is C15H11ClF2N2. The van der Waals surface area contributed by atoms with E-state index in [0.29, 0.717) is 28.1 Å². The topological polar surface area (TPSA) is 17.8 Å². The minimum absolute atomic E-state index is 0.159. The van der Waals surface area contributed by atoms with Gasteiger partial charge in [0.15, 0.2) is 0 Å². The third-order valence-electron chi connectivity index (χ3n) is 3.22. The van der Waals surface area contributed by atoms with Crippen molar-refractivity contribution in [1.82, 2.24) is 9.55 Å². The Morgan fingerprint density at radius 1 is 1.15 bits per heavy atom. The summed E-state index contributed by atoms with van der Waals surface area (Å²) in [6.45, 7) is 1.70. The van der Waals surface area contributed by atoms with Gasteiger partial charge in [-0.3, -0.25) is 4.57 Å². The molecule has 0 bridgehead atoms. The minimum atomic E-state index is -0.363. The van der Waals surface area contributed by atoms with Crippen molar-refractivity contribution in [1.29, 1.82) is 0 Å². The Bertz CT molecular complexity index is 796. The second-order valence-corrected chi connectivity index (χ2v) is 4.83. The smallest absolute Gasteiger partial charge is 0.129 e. The van der Waals surface area contributed by atoms with Crippen molar-refractivity contribution in [2.75, 3.05) is 0 Å². The van der Waals surface area contributed by atoms with Crippen molar-refractivity contribution in [3.05, 3.63) is 59.4 Å². The van der Waals surface area contributed by atoms with E-state index in [1.54, 1.807) is 29.7 Å². The molecule has 2 aromatic carbocycles. The van der Waals surface area contributed by atoms with E-state index in [9.17, 15) is 8.78 Å². The quantitative estimate of drug-likeness (QED) is 0.642. The molecular weight excluding hydrogens is 282 g/mol. The standard InChI is InChI=1S/C15H11ClF2N2/c1-9-2-4-11(7-12(9)18)20-14-5-3-10(17)6-13(14)19-15(20)8-16/h2-7H,8H2,1H3. The van der Waals surface area contributed by atoms with Gasteiger partial charge in [0.25, 0.3) is 0 Å². The number of imidazole rings is 1. The van der Waals surface area contributed by atoms with Crippen LogP contribution in [0.15, 0.2) is 36.4 Å². The number of halogens is 3. The molecule has 0 saturated carbocycles. The van der Waals surface area contributed by atoms with E-state index < -0.39 is 0 Å². The van der Waals surface area contributed by atoms with E-state index in [1.165, 1.54) is 18.2 Å². The molecule has 3 rings (SSSR count). The number of nitrogens with zero attached hydrogens (tertiary/aromatic N) is 2. The van der Waals surface area contributed by atoms with Crippen molar-refractivity contribution in [3.8, 4) is 5.69 Å².